The summed E-state index contributed by atoms with van der Waals surface area (Å²) in [6.07, 6.45) is 2.75. The summed E-state index contributed by atoms with van der Waals surface area (Å²) in [5.41, 5.74) is 2.34. The van der Waals surface area contributed by atoms with Crippen LogP contribution in [0.1, 0.15) is 44.7 Å². The average Bonchev–Trinajstić information content (AvgIpc) is 2.57. The second-order valence-electron chi connectivity index (χ2n) is 5.69. The molecule has 1 N–H and O–H groups in total. The Bertz CT molecular complexity index is 442. The Morgan fingerprint density at radius 2 is 2.16 bits per heavy atom. The summed E-state index contributed by atoms with van der Waals surface area (Å²) in [5.74, 6) is 0.655. The fraction of sp³-hybridized carbons (Fsp3) is 0.562. The van der Waals surface area contributed by atoms with E-state index in [0.717, 1.165) is 25.1 Å². The fourth-order valence-corrected chi connectivity index (χ4v) is 2.78. The van der Waals surface area contributed by atoms with E-state index in [1.807, 2.05) is 18.0 Å². The zero-order chi connectivity index (χ0) is 13.8. The normalized spacial score (nSPS) is 19.2. The molecule has 1 aromatic rings. The first-order valence-electron chi connectivity index (χ1n) is 7.20. The van der Waals surface area contributed by atoms with Crippen molar-refractivity contribution in [3.8, 4) is 0 Å². The summed E-state index contributed by atoms with van der Waals surface area (Å²) >= 11 is 0. The summed E-state index contributed by atoms with van der Waals surface area (Å²) < 4.78 is 0. The maximum Gasteiger partial charge on any atom is 0.227 e. The van der Waals surface area contributed by atoms with Crippen molar-refractivity contribution in [2.24, 2.45) is 5.92 Å². The van der Waals surface area contributed by atoms with Crippen molar-refractivity contribution in [1.82, 2.24) is 5.32 Å². The van der Waals surface area contributed by atoms with E-state index in [-0.39, 0.29) is 5.91 Å². The average molecular weight is 260 g/mol. The third-order valence-corrected chi connectivity index (χ3v) is 3.71. The van der Waals surface area contributed by atoms with Gasteiger partial charge in [0.25, 0.3) is 0 Å². The molecule has 1 aliphatic heterocycles. The highest BCUT2D eigenvalue weighted by atomic mass is 16.2. The van der Waals surface area contributed by atoms with Crippen LogP contribution in [0.3, 0.4) is 0 Å². The molecule has 0 saturated carbocycles. The zero-order valence-electron chi connectivity index (χ0n) is 12.1. The minimum Gasteiger partial charge on any atom is -0.313 e. The molecule has 1 aromatic carbocycles. The summed E-state index contributed by atoms with van der Waals surface area (Å²) in [5, 5.41) is 3.36. The Morgan fingerprint density at radius 3 is 2.84 bits per heavy atom. The molecule has 1 atom stereocenters. The predicted molar refractivity (Wildman–Crippen MR) is 79.3 cm³/mol. The molecule has 0 radical (unpaired) electrons. The highest BCUT2D eigenvalue weighted by Gasteiger charge is 2.25. The number of benzene rings is 1. The third-order valence-electron chi connectivity index (χ3n) is 3.71. The van der Waals surface area contributed by atoms with Gasteiger partial charge < -0.3 is 10.2 Å². The van der Waals surface area contributed by atoms with Gasteiger partial charge in [-0.3, -0.25) is 4.79 Å². The lowest BCUT2D eigenvalue weighted by Crippen LogP contribution is -2.32. The van der Waals surface area contributed by atoms with Crippen LogP contribution in [0.15, 0.2) is 24.3 Å². The quantitative estimate of drug-likeness (QED) is 0.905. The topological polar surface area (TPSA) is 32.3 Å². The molecule has 3 heteroatoms. The van der Waals surface area contributed by atoms with Crippen molar-refractivity contribution in [3.63, 3.8) is 0 Å². The van der Waals surface area contributed by atoms with Crippen LogP contribution in [0, 0.1) is 5.92 Å². The molecule has 0 saturated heterocycles. The van der Waals surface area contributed by atoms with Gasteiger partial charge in [0.1, 0.15) is 0 Å². The number of fused-ring (bicyclic) bond motifs is 1. The van der Waals surface area contributed by atoms with Crippen LogP contribution < -0.4 is 10.2 Å². The molecule has 1 unspecified atom stereocenters. The van der Waals surface area contributed by atoms with Crippen LogP contribution in [-0.4, -0.2) is 19.5 Å². The minimum absolute atomic E-state index is 0.249. The SMILES string of the molecule is CNC1CCCN(C(=O)CC(C)C)c2ccccc21. The highest BCUT2D eigenvalue weighted by molar-refractivity contribution is 5.94. The van der Waals surface area contributed by atoms with Gasteiger partial charge in [0.2, 0.25) is 5.91 Å². The number of para-hydroxylation sites is 1. The van der Waals surface area contributed by atoms with Crippen molar-refractivity contribution in [1.29, 1.82) is 0 Å². The van der Waals surface area contributed by atoms with E-state index in [4.69, 9.17) is 0 Å². The van der Waals surface area contributed by atoms with Crippen LogP contribution >= 0.6 is 0 Å². The number of nitrogens with zero attached hydrogens (tertiary/aromatic N) is 1. The third kappa shape index (κ3) is 3.16. The molecule has 3 nitrogen and oxygen atoms in total. The second kappa shape index (κ2) is 6.20. The number of hydrogen-bond donors (Lipinski definition) is 1. The molecule has 2 rings (SSSR count). The largest absolute Gasteiger partial charge is 0.313 e. The van der Waals surface area contributed by atoms with Gasteiger partial charge in [-0.15, -0.1) is 0 Å². The Labute approximate surface area is 116 Å². The first-order chi connectivity index (χ1) is 9.13. The van der Waals surface area contributed by atoms with Crippen molar-refractivity contribution >= 4 is 11.6 Å². The van der Waals surface area contributed by atoms with Crippen molar-refractivity contribution < 1.29 is 4.79 Å². The zero-order valence-corrected chi connectivity index (χ0v) is 12.1. The number of nitrogens with one attached hydrogen (secondary N) is 1. The molecule has 1 amide bonds. The first kappa shape index (κ1) is 14.1. The fourth-order valence-electron chi connectivity index (χ4n) is 2.78. The van der Waals surface area contributed by atoms with Gasteiger partial charge in [0.05, 0.1) is 0 Å². The Morgan fingerprint density at radius 1 is 1.42 bits per heavy atom. The molecular formula is C16H24N2O. The van der Waals surface area contributed by atoms with Gasteiger partial charge in [-0.1, -0.05) is 32.0 Å². The molecular weight excluding hydrogens is 236 g/mol. The number of amides is 1. The van der Waals surface area contributed by atoms with E-state index < -0.39 is 0 Å². The summed E-state index contributed by atoms with van der Waals surface area (Å²) in [4.78, 5) is 14.4. The molecule has 19 heavy (non-hydrogen) atoms. The van der Waals surface area contributed by atoms with Gasteiger partial charge in [0.15, 0.2) is 0 Å². The molecule has 0 fully saturated rings. The minimum atomic E-state index is 0.249. The number of hydrogen-bond acceptors (Lipinski definition) is 2. The molecule has 0 bridgehead atoms. The second-order valence-corrected chi connectivity index (χ2v) is 5.69. The van der Waals surface area contributed by atoms with Crippen molar-refractivity contribution in [2.75, 3.05) is 18.5 Å². The van der Waals surface area contributed by atoms with E-state index in [1.54, 1.807) is 0 Å². The van der Waals surface area contributed by atoms with Gasteiger partial charge in [-0.05, 0) is 37.4 Å². The van der Waals surface area contributed by atoms with Crippen LogP contribution in [0.25, 0.3) is 0 Å². The number of rotatable bonds is 3. The highest BCUT2D eigenvalue weighted by Crippen LogP contribution is 2.33. The van der Waals surface area contributed by atoms with Crippen LogP contribution in [0.2, 0.25) is 0 Å². The molecule has 1 aliphatic rings. The molecule has 0 aliphatic carbocycles. The lowest BCUT2D eigenvalue weighted by Gasteiger charge is -2.24. The van der Waals surface area contributed by atoms with E-state index in [2.05, 4.69) is 37.4 Å². The van der Waals surface area contributed by atoms with Crippen molar-refractivity contribution in [3.05, 3.63) is 29.8 Å². The van der Waals surface area contributed by atoms with Crippen molar-refractivity contribution in [2.45, 2.75) is 39.2 Å². The van der Waals surface area contributed by atoms with Gasteiger partial charge >= 0.3 is 0 Å². The van der Waals surface area contributed by atoms with Gasteiger partial charge in [-0.25, -0.2) is 0 Å². The number of carbonyl (C=O) groups is 1. The van der Waals surface area contributed by atoms with Crippen LogP contribution in [0.5, 0.6) is 0 Å². The van der Waals surface area contributed by atoms with E-state index in [9.17, 15) is 4.79 Å². The maximum atomic E-state index is 12.4. The van der Waals surface area contributed by atoms with Gasteiger partial charge in [0, 0.05) is 24.7 Å². The maximum absolute atomic E-state index is 12.4. The van der Waals surface area contributed by atoms with E-state index >= 15 is 0 Å². The summed E-state index contributed by atoms with van der Waals surface area (Å²) in [7, 11) is 1.99. The number of carbonyl (C=O) groups excluding carboxylic acids is 1. The Balaban J connectivity index is 2.32. The molecule has 0 aromatic heterocycles. The first-order valence-corrected chi connectivity index (χ1v) is 7.20. The molecule has 104 valence electrons. The lowest BCUT2D eigenvalue weighted by molar-refractivity contribution is -0.119. The predicted octanol–water partition coefficient (Wildman–Crippen LogP) is 3.12. The van der Waals surface area contributed by atoms with Crippen LogP contribution in [0.4, 0.5) is 5.69 Å². The monoisotopic (exact) mass is 260 g/mol. The summed E-state index contributed by atoms with van der Waals surface area (Å²) in [6, 6.07) is 8.64. The molecule has 0 spiro atoms. The Kier molecular flexibility index (Phi) is 4.59. The lowest BCUT2D eigenvalue weighted by atomic mass is 10.0. The van der Waals surface area contributed by atoms with E-state index in [1.165, 1.54) is 5.56 Å². The molecule has 1 heterocycles. The standard InChI is InChI=1S/C16H24N2O/c1-12(2)11-16(19)18-10-6-8-14(17-3)13-7-4-5-9-15(13)18/h4-5,7,9,12,14,17H,6,8,10-11H2,1-3H3. The van der Waals surface area contributed by atoms with Crippen LogP contribution in [-0.2, 0) is 4.79 Å². The van der Waals surface area contributed by atoms with Gasteiger partial charge in [-0.2, -0.15) is 0 Å². The smallest absolute Gasteiger partial charge is 0.227 e. The Hall–Kier alpha value is -1.35. The number of anilines is 1. The van der Waals surface area contributed by atoms with E-state index in [0.29, 0.717) is 18.4 Å². The summed E-state index contributed by atoms with van der Waals surface area (Å²) in [6.45, 7) is 5.02.